The van der Waals surface area contributed by atoms with Crippen molar-refractivity contribution in [1.29, 1.82) is 0 Å². The second-order valence-corrected chi connectivity index (χ2v) is 10.2. The Kier molecular flexibility index (Phi) is 2.99. The molecule has 2 heterocycles. The predicted molar refractivity (Wildman–Crippen MR) is 69.2 cm³/mol. The molecule has 3 atom stereocenters. The zero-order valence-corrected chi connectivity index (χ0v) is 13.4. The smallest absolute Gasteiger partial charge is 0.330 e. The molecular formula is C9H11Br2NO4S. The third-order valence-electron chi connectivity index (χ3n) is 3.16. The third-order valence-corrected chi connectivity index (χ3v) is 7.56. The minimum Gasteiger partial charge on any atom is -0.467 e. The topological polar surface area (TPSA) is 63.7 Å². The van der Waals surface area contributed by atoms with Gasteiger partial charge < -0.3 is 9.64 Å². The maximum atomic E-state index is 12.3. The predicted octanol–water partition coefficient (Wildman–Crippen LogP) is 0.723. The van der Waals surface area contributed by atoms with Gasteiger partial charge in [0, 0.05) is 0 Å². The van der Waals surface area contributed by atoms with Crippen LogP contribution in [0.3, 0.4) is 0 Å². The Morgan fingerprint density at radius 2 is 2.00 bits per heavy atom. The number of halogens is 2. The molecule has 5 nitrogen and oxygen atoms in total. The molecule has 0 aromatic heterocycles. The number of hydrogen-bond acceptors (Lipinski definition) is 4. The van der Waals surface area contributed by atoms with Crippen LogP contribution in [0.4, 0.5) is 0 Å². The van der Waals surface area contributed by atoms with Crippen molar-refractivity contribution in [1.82, 2.24) is 4.90 Å². The summed E-state index contributed by atoms with van der Waals surface area (Å²) in [5, 5.41) is -0.547. The van der Waals surface area contributed by atoms with Crippen LogP contribution in [-0.2, 0) is 25.1 Å². The highest BCUT2D eigenvalue weighted by atomic mass is 79.9. The summed E-state index contributed by atoms with van der Waals surface area (Å²) in [7, 11) is -0.0947. The van der Waals surface area contributed by atoms with Crippen molar-refractivity contribution in [3.8, 4) is 0 Å². The summed E-state index contributed by atoms with van der Waals surface area (Å²) < 4.78 is 15.2. The fraction of sp³-hybridized carbons (Fsp3) is 0.778. The van der Waals surface area contributed by atoms with Crippen molar-refractivity contribution in [2.75, 3.05) is 7.11 Å². The molecule has 0 spiro atoms. The molecule has 2 aliphatic rings. The molecule has 0 saturated carbocycles. The minimum absolute atomic E-state index is 0.295. The second kappa shape index (κ2) is 3.77. The minimum atomic E-state index is -1.35. The quantitative estimate of drug-likeness (QED) is 0.377. The van der Waals surface area contributed by atoms with Gasteiger partial charge in [0.25, 0.3) is 5.91 Å². The van der Waals surface area contributed by atoms with Crippen LogP contribution in [0, 0.1) is 0 Å². The number of amides is 1. The van der Waals surface area contributed by atoms with E-state index < -0.39 is 36.2 Å². The van der Waals surface area contributed by atoms with Crippen LogP contribution in [-0.4, -0.2) is 47.5 Å². The fourth-order valence-corrected chi connectivity index (χ4v) is 5.89. The monoisotopic (exact) mass is 387 g/mol. The summed E-state index contributed by atoms with van der Waals surface area (Å²) in [4.78, 5) is 25.0. The molecule has 0 aromatic carbocycles. The molecule has 0 bridgehead atoms. The Bertz CT molecular complexity index is 437. The summed E-state index contributed by atoms with van der Waals surface area (Å²) in [5.41, 5.74) is 0. The molecule has 8 heteroatoms. The van der Waals surface area contributed by atoms with E-state index in [4.69, 9.17) is 0 Å². The summed E-state index contributed by atoms with van der Waals surface area (Å²) in [6.45, 7) is 3.40. The number of fused-ring (bicyclic) bond motifs is 1. The number of methoxy groups -OCH3 is 1. The fourth-order valence-electron chi connectivity index (χ4n) is 2.22. The van der Waals surface area contributed by atoms with Crippen LogP contribution >= 0.6 is 31.9 Å². The largest absolute Gasteiger partial charge is 0.467 e. The number of nitrogens with zero attached hydrogens (tertiary/aromatic N) is 1. The molecule has 2 aliphatic heterocycles. The van der Waals surface area contributed by atoms with Gasteiger partial charge in [-0.15, -0.1) is 0 Å². The first-order valence-electron chi connectivity index (χ1n) is 4.86. The third kappa shape index (κ3) is 1.49. The highest BCUT2D eigenvalue weighted by molar-refractivity contribution is 9.26. The van der Waals surface area contributed by atoms with Gasteiger partial charge in [0.2, 0.25) is 0 Å². The first kappa shape index (κ1) is 13.5. The lowest BCUT2D eigenvalue weighted by Gasteiger charge is -2.45. The van der Waals surface area contributed by atoms with E-state index in [2.05, 4.69) is 36.6 Å². The molecule has 2 fully saturated rings. The lowest BCUT2D eigenvalue weighted by molar-refractivity contribution is -0.159. The average Bonchev–Trinajstić information content (AvgIpc) is 2.45. The average molecular weight is 389 g/mol. The van der Waals surface area contributed by atoms with E-state index in [1.54, 1.807) is 13.8 Å². The van der Waals surface area contributed by atoms with Crippen molar-refractivity contribution >= 4 is 54.5 Å². The molecule has 2 rings (SSSR count). The van der Waals surface area contributed by atoms with Crippen LogP contribution in [0.2, 0.25) is 0 Å². The van der Waals surface area contributed by atoms with E-state index >= 15 is 0 Å². The molecule has 17 heavy (non-hydrogen) atoms. The maximum absolute atomic E-state index is 12.3. The Morgan fingerprint density at radius 1 is 1.47 bits per heavy atom. The van der Waals surface area contributed by atoms with Gasteiger partial charge in [-0.3, -0.25) is 9.00 Å². The van der Waals surface area contributed by atoms with Crippen molar-refractivity contribution in [3.05, 3.63) is 0 Å². The van der Waals surface area contributed by atoms with E-state index in [-0.39, 0.29) is 5.91 Å². The molecule has 0 aromatic rings. The van der Waals surface area contributed by atoms with E-state index in [0.29, 0.717) is 0 Å². The number of rotatable bonds is 1. The van der Waals surface area contributed by atoms with Gasteiger partial charge in [0.05, 0.1) is 22.7 Å². The molecular weight excluding hydrogens is 378 g/mol. The molecule has 96 valence electrons. The number of esters is 1. The number of β-lactam (4-membered cyclic amide) rings is 1. The van der Waals surface area contributed by atoms with Crippen LogP contribution < -0.4 is 0 Å². The Morgan fingerprint density at radius 3 is 2.47 bits per heavy atom. The number of carbonyl (C=O) groups is 2. The lowest BCUT2D eigenvalue weighted by Crippen LogP contribution is -2.69. The molecule has 1 amide bonds. The second-order valence-electron chi connectivity index (χ2n) is 4.51. The van der Waals surface area contributed by atoms with Gasteiger partial charge in [0.15, 0.2) is 3.23 Å². The highest BCUT2D eigenvalue weighted by Gasteiger charge is 2.73. The maximum Gasteiger partial charge on any atom is 0.330 e. The number of hydrogen-bond donors (Lipinski definition) is 0. The zero-order chi connectivity index (χ0) is 13.2. The first-order chi connectivity index (χ1) is 7.67. The lowest BCUT2D eigenvalue weighted by atomic mass is 9.98. The molecule has 0 N–H and O–H groups in total. The number of carbonyl (C=O) groups excluding carboxylic acids is 2. The summed E-state index contributed by atoms with van der Waals surface area (Å²) in [5.74, 6) is -0.827. The van der Waals surface area contributed by atoms with E-state index in [1.165, 1.54) is 12.0 Å². The molecule has 0 radical (unpaired) electrons. The summed E-state index contributed by atoms with van der Waals surface area (Å²) in [6.07, 6.45) is 0. The normalized spacial score (nSPS) is 37.4. The molecule has 0 unspecified atom stereocenters. The van der Waals surface area contributed by atoms with Gasteiger partial charge in [-0.2, -0.15) is 0 Å². The standard InChI is InChI=1S/C9H11Br2NO4S/c1-8(2)4(5(13)16-3)12-6(14)9(10,11)7(12)17(8)15/h4,7H,1-3H3/t4-,7+,17+/m0/s1. The van der Waals surface area contributed by atoms with Crippen LogP contribution in [0.1, 0.15) is 13.8 Å². The molecule has 0 aliphatic carbocycles. The van der Waals surface area contributed by atoms with Crippen LogP contribution in [0.5, 0.6) is 0 Å². The van der Waals surface area contributed by atoms with Gasteiger partial charge in [-0.25, -0.2) is 4.79 Å². The van der Waals surface area contributed by atoms with Crippen LogP contribution in [0.15, 0.2) is 0 Å². The van der Waals surface area contributed by atoms with Gasteiger partial charge in [0.1, 0.15) is 11.4 Å². The Hall–Kier alpha value is 0.0500. The summed E-state index contributed by atoms with van der Waals surface area (Å²) >= 11 is 6.42. The van der Waals surface area contributed by atoms with E-state index in [1.807, 2.05) is 0 Å². The Labute approximate surface area is 118 Å². The Balaban J connectivity index is 2.47. The van der Waals surface area contributed by atoms with Gasteiger partial charge in [-0.05, 0) is 13.8 Å². The number of alkyl halides is 2. The number of ether oxygens (including phenoxy) is 1. The SMILES string of the molecule is COC(=O)[C@@H]1N2C(=O)C(Br)(Br)[C@H]2[S@@](=O)C1(C)C. The van der Waals surface area contributed by atoms with E-state index in [0.717, 1.165) is 0 Å². The highest BCUT2D eigenvalue weighted by Crippen LogP contribution is 2.55. The van der Waals surface area contributed by atoms with Crippen molar-refractivity contribution in [3.63, 3.8) is 0 Å². The van der Waals surface area contributed by atoms with Crippen molar-refractivity contribution < 1.29 is 18.5 Å². The van der Waals surface area contributed by atoms with Crippen LogP contribution in [0.25, 0.3) is 0 Å². The van der Waals surface area contributed by atoms with E-state index in [9.17, 15) is 13.8 Å². The van der Waals surface area contributed by atoms with Gasteiger partial charge >= 0.3 is 5.97 Å². The van der Waals surface area contributed by atoms with Crippen molar-refractivity contribution in [2.24, 2.45) is 0 Å². The van der Waals surface area contributed by atoms with Gasteiger partial charge in [-0.1, -0.05) is 31.9 Å². The first-order valence-corrected chi connectivity index (χ1v) is 7.66. The van der Waals surface area contributed by atoms with Crippen molar-refractivity contribution in [2.45, 2.75) is 33.2 Å². The molecule has 2 saturated heterocycles. The summed E-state index contributed by atoms with van der Waals surface area (Å²) in [6, 6.07) is -0.797. The zero-order valence-electron chi connectivity index (χ0n) is 9.40.